The Morgan fingerprint density at radius 3 is 2.37 bits per heavy atom. The van der Waals surface area contributed by atoms with E-state index in [1.165, 1.54) is 49.0 Å². The number of fused-ring (bicyclic) bond motifs is 1. The molecule has 0 atom stereocenters. The summed E-state index contributed by atoms with van der Waals surface area (Å²) in [4.78, 5) is 5.22. The van der Waals surface area contributed by atoms with E-state index in [-0.39, 0.29) is 10.8 Å². The Labute approximate surface area is 264 Å². The lowest BCUT2D eigenvalue weighted by atomic mass is 9.76. The van der Waals surface area contributed by atoms with Gasteiger partial charge in [0.1, 0.15) is 0 Å². The first-order valence-electron chi connectivity index (χ1n) is 15.8. The molecular formula is C41H47NS. The lowest BCUT2D eigenvalue weighted by Gasteiger charge is -2.28. The van der Waals surface area contributed by atoms with Gasteiger partial charge in [0.25, 0.3) is 0 Å². The zero-order valence-corrected chi connectivity index (χ0v) is 27.7. The average molecular weight is 586 g/mol. The molecule has 0 saturated carbocycles. The van der Waals surface area contributed by atoms with Gasteiger partial charge in [0.05, 0.1) is 0 Å². The standard InChI is InChI=1S/C41H47NS/c1-8-29-42-37-24-15-14-23-36(37)41(6,7)38(42)28-27-33-19-16-18-32(39(33)43-34-20-10-9-11-21-34)26-25-31(3)40(4,5)35-22-13-12-17-30(35)2/h9-15,17,20-28H,3,8,16,18-19,29H2,1-2,4-7H3/b26-25+,33-27+,38-28+. The summed E-state index contributed by atoms with van der Waals surface area (Å²) in [7, 11) is 0. The Morgan fingerprint density at radius 1 is 0.930 bits per heavy atom. The number of hydrogen-bond acceptors (Lipinski definition) is 2. The molecule has 2 aliphatic rings. The van der Waals surface area contributed by atoms with Gasteiger partial charge < -0.3 is 4.90 Å². The number of hydrogen-bond donors (Lipinski definition) is 0. The minimum Gasteiger partial charge on any atom is -0.344 e. The number of thioether (sulfide) groups is 1. The third-order valence-electron chi connectivity index (χ3n) is 9.23. The number of para-hydroxylation sites is 1. The molecule has 2 heteroatoms. The molecule has 0 bridgehead atoms. The van der Waals surface area contributed by atoms with E-state index in [0.29, 0.717) is 0 Å². The van der Waals surface area contributed by atoms with Crippen LogP contribution in [0.3, 0.4) is 0 Å². The van der Waals surface area contributed by atoms with Crippen LogP contribution >= 0.6 is 11.8 Å². The van der Waals surface area contributed by atoms with Gasteiger partial charge in [-0.2, -0.15) is 0 Å². The molecule has 0 N–H and O–H groups in total. The largest absolute Gasteiger partial charge is 0.344 e. The quantitative estimate of drug-likeness (QED) is 0.230. The molecule has 0 fully saturated rings. The fourth-order valence-corrected chi connectivity index (χ4v) is 7.73. The number of benzene rings is 3. The number of allylic oxidation sites excluding steroid dienone is 8. The van der Waals surface area contributed by atoms with Gasteiger partial charge in [0.2, 0.25) is 0 Å². The lowest BCUT2D eigenvalue weighted by Crippen LogP contribution is -2.26. The van der Waals surface area contributed by atoms with Crippen LogP contribution in [-0.4, -0.2) is 6.54 Å². The third-order valence-corrected chi connectivity index (χ3v) is 10.5. The van der Waals surface area contributed by atoms with Crippen molar-refractivity contribution >= 4 is 17.4 Å². The second kappa shape index (κ2) is 13.0. The van der Waals surface area contributed by atoms with Gasteiger partial charge in [-0.1, -0.05) is 132 Å². The van der Waals surface area contributed by atoms with Crippen LogP contribution in [0.2, 0.25) is 0 Å². The number of aryl methyl sites for hydroxylation is 1. The van der Waals surface area contributed by atoms with Crippen LogP contribution < -0.4 is 4.90 Å². The molecule has 43 heavy (non-hydrogen) atoms. The summed E-state index contributed by atoms with van der Waals surface area (Å²) >= 11 is 1.91. The van der Waals surface area contributed by atoms with Crippen molar-refractivity contribution in [1.82, 2.24) is 0 Å². The van der Waals surface area contributed by atoms with Crippen LogP contribution in [0, 0.1) is 6.92 Å². The molecule has 0 amide bonds. The second-order valence-corrected chi connectivity index (χ2v) is 14.0. The molecule has 1 heterocycles. The molecule has 1 aliphatic heterocycles. The Hall–Kier alpha value is -3.49. The zero-order chi connectivity index (χ0) is 30.6. The fourth-order valence-electron chi connectivity index (χ4n) is 6.60. The van der Waals surface area contributed by atoms with Gasteiger partial charge in [0, 0.05) is 38.6 Å². The molecular weight excluding hydrogens is 539 g/mol. The van der Waals surface area contributed by atoms with E-state index < -0.39 is 0 Å². The van der Waals surface area contributed by atoms with E-state index in [0.717, 1.165) is 37.8 Å². The topological polar surface area (TPSA) is 3.24 Å². The van der Waals surface area contributed by atoms with E-state index in [4.69, 9.17) is 0 Å². The van der Waals surface area contributed by atoms with Crippen molar-refractivity contribution in [2.24, 2.45) is 0 Å². The smallest absolute Gasteiger partial charge is 0.0450 e. The molecule has 1 aliphatic carbocycles. The Morgan fingerprint density at radius 2 is 1.63 bits per heavy atom. The maximum Gasteiger partial charge on any atom is 0.0450 e. The van der Waals surface area contributed by atoms with Crippen molar-refractivity contribution in [2.75, 3.05) is 11.4 Å². The zero-order valence-electron chi connectivity index (χ0n) is 26.9. The predicted octanol–water partition coefficient (Wildman–Crippen LogP) is 11.6. The van der Waals surface area contributed by atoms with E-state index in [1.807, 2.05) is 11.8 Å². The summed E-state index contributed by atoms with van der Waals surface area (Å²) in [5.74, 6) is 0. The van der Waals surface area contributed by atoms with Gasteiger partial charge in [0.15, 0.2) is 0 Å². The highest BCUT2D eigenvalue weighted by Gasteiger charge is 2.39. The molecule has 1 nitrogen and oxygen atoms in total. The molecule has 0 saturated heterocycles. The summed E-state index contributed by atoms with van der Waals surface area (Å²) in [6.45, 7) is 19.4. The van der Waals surface area contributed by atoms with Gasteiger partial charge in [-0.05, 0) is 90.3 Å². The number of nitrogens with zero attached hydrogens (tertiary/aromatic N) is 1. The second-order valence-electron chi connectivity index (χ2n) is 13.0. The maximum absolute atomic E-state index is 4.56. The molecule has 3 aromatic rings. The van der Waals surface area contributed by atoms with Crippen molar-refractivity contribution in [3.63, 3.8) is 0 Å². The van der Waals surface area contributed by atoms with Crippen molar-refractivity contribution in [3.05, 3.63) is 154 Å². The molecule has 3 aromatic carbocycles. The molecule has 0 radical (unpaired) electrons. The summed E-state index contributed by atoms with van der Waals surface area (Å²) < 4.78 is 0. The normalized spacial score (nSPS) is 18.6. The van der Waals surface area contributed by atoms with Crippen LogP contribution in [0.4, 0.5) is 5.69 Å². The fraction of sp³-hybridized carbons (Fsp3) is 0.317. The van der Waals surface area contributed by atoms with E-state index in [2.05, 4.69) is 156 Å². The van der Waals surface area contributed by atoms with Gasteiger partial charge in [-0.15, -0.1) is 0 Å². The van der Waals surface area contributed by atoms with Crippen LogP contribution in [0.1, 0.15) is 77.0 Å². The van der Waals surface area contributed by atoms with E-state index >= 15 is 0 Å². The van der Waals surface area contributed by atoms with Gasteiger partial charge in [-0.3, -0.25) is 0 Å². The summed E-state index contributed by atoms with van der Waals surface area (Å²) in [5.41, 5.74) is 10.6. The highest BCUT2D eigenvalue weighted by molar-refractivity contribution is 8.03. The number of rotatable bonds is 9. The monoisotopic (exact) mass is 585 g/mol. The molecule has 0 aromatic heterocycles. The van der Waals surface area contributed by atoms with E-state index in [9.17, 15) is 0 Å². The van der Waals surface area contributed by atoms with Crippen LogP contribution in [-0.2, 0) is 10.8 Å². The van der Waals surface area contributed by atoms with Gasteiger partial charge in [-0.25, -0.2) is 0 Å². The van der Waals surface area contributed by atoms with E-state index in [1.54, 1.807) is 0 Å². The molecule has 0 unspecified atom stereocenters. The number of anilines is 1. The van der Waals surface area contributed by atoms with Crippen molar-refractivity contribution in [3.8, 4) is 0 Å². The molecule has 5 rings (SSSR count). The minimum atomic E-state index is -0.140. The van der Waals surface area contributed by atoms with Gasteiger partial charge >= 0.3 is 0 Å². The minimum absolute atomic E-state index is 0.0322. The first-order chi connectivity index (χ1) is 20.6. The summed E-state index contributed by atoms with van der Waals surface area (Å²) in [5, 5.41) is 0. The molecule has 0 spiro atoms. The highest BCUT2D eigenvalue weighted by atomic mass is 32.2. The highest BCUT2D eigenvalue weighted by Crippen LogP contribution is 2.48. The van der Waals surface area contributed by atoms with Crippen molar-refractivity contribution < 1.29 is 0 Å². The van der Waals surface area contributed by atoms with Crippen LogP contribution in [0.15, 0.2) is 142 Å². The van der Waals surface area contributed by atoms with Crippen molar-refractivity contribution in [2.45, 2.75) is 83.0 Å². The maximum atomic E-state index is 4.56. The van der Waals surface area contributed by atoms with Crippen molar-refractivity contribution in [1.29, 1.82) is 0 Å². The Balaban J connectivity index is 1.54. The third kappa shape index (κ3) is 6.41. The first-order valence-corrected chi connectivity index (χ1v) is 16.6. The predicted molar refractivity (Wildman–Crippen MR) is 189 cm³/mol. The summed E-state index contributed by atoms with van der Waals surface area (Å²) in [6, 6.07) is 28.5. The van der Waals surface area contributed by atoms with Crippen LogP contribution in [0.5, 0.6) is 0 Å². The average Bonchev–Trinajstić information content (AvgIpc) is 3.21. The lowest BCUT2D eigenvalue weighted by molar-refractivity contribution is 0.629. The Kier molecular flexibility index (Phi) is 9.37. The SMILES string of the molecule is C=C(/C=C/C1=C(Sc2ccccc2)C(=C/C=C2/N(CCC)c3ccccc3C2(C)C)/CCC1)C(C)(C)c1ccccc1C. The summed E-state index contributed by atoms with van der Waals surface area (Å²) in [6.07, 6.45) is 13.9. The van der Waals surface area contributed by atoms with Crippen LogP contribution in [0.25, 0.3) is 0 Å². The first kappa shape index (κ1) is 31.0. The molecule has 222 valence electrons. The Bertz CT molecular complexity index is 1600.